The molecule has 0 spiro atoms. The summed E-state index contributed by atoms with van der Waals surface area (Å²) in [6, 6.07) is 9.57. The molecule has 0 aromatic heterocycles. The van der Waals surface area contributed by atoms with Crippen LogP contribution in [0, 0.1) is 0 Å². The van der Waals surface area contributed by atoms with E-state index in [1.54, 1.807) is 0 Å². The molecule has 2 nitrogen and oxygen atoms in total. The van der Waals surface area contributed by atoms with E-state index >= 15 is 0 Å². The summed E-state index contributed by atoms with van der Waals surface area (Å²) in [6.07, 6.45) is 5.22. The van der Waals surface area contributed by atoms with E-state index < -0.39 is 0 Å². The summed E-state index contributed by atoms with van der Waals surface area (Å²) >= 11 is 6.27. The molecule has 1 N–H and O–H groups in total. The van der Waals surface area contributed by atoms with E-state index in [-0.39, 0.29) is 0 Å². The number of halogens is 1. The summed E-state index contributed by atoms with van der Waals surface area (Å²) in [5.41, 5.74) is 1.33. The Hall–Kier alpha value is -0.570. The van der Waals surface area contributed by atoms with E-state index in [4.69, 9.17) is 11.6 Å². The Morgan fingerprint density at radius 3 is 2.65 bits per heavy atom. The molecule has 1 saturated carbocycles. The quantitative estimate of drug-likeness (QED) is 0.891. The molecule has 1 atom stereocenters. The Kier molecular flexibility index (Phi) is 4.65. The molecule has 1 aliphatic carbocycles. The Morgan fingerprint density at radius 2 is 1.95 bits per heavy atom. The third-order valence-electron chi connectivity index (χ3n) is 4.73. The van der Waals surface area contributed by atoms with Crippen molar-refractivity contribution in [1.82, 2.24) is 10.2 Å². The lowest BCUT2D eigenvalue weighted by atomic mass is 9.75. The van der Waals surface area contributed by atoms with Crippen molar-refractivity contribution in [1.29, 1.82) is 0 Å². The van der Waals surface area contributed by atoms with Gasteiger partial charge in [-0.25, -0.2) is 0 Å². The Morgan fingerprint density at radius 1 is 1.25 bits per heavy atom. The van der Waals surface area contributed by atoms with Crippen molar-refractivity contribution in [3.05, 3.63) is 34.9 Å². The molecule has 20 heavy (non-hydrogen) atoms. The van der Waals surface area contributed by atoms with Crippen LogP contribution in [0.5, 0.6) is 0 Å². The number of nitrogens with one attached hydrogen (secondary N) is 1. The minimum atomic E-state index is 0.602. The molecule has 1 heterocycles. The normalized spacial score (nSPS) is 28.3. The van der Waals surface area contributed by atoms with Crippen LogP contribution in [-0.2, 0) is 0 Å². The first-order valence-electron chi connectivity index (χ1n) is 7.95. The Labute approximate surface area is 127 Å². The van der Waals surface area contributed by atoms with Crippen molar-refractivity contribution >= 4 is 11.6 Å². The second-order valence-corrected chi connectivity index (χ2v) is 6.87. The van der Waals surface area contributed by atoms with E-state index in [0.29, 0.717) is 18.0 Å². The van der Waals surface area contributed by atoms with Gasteiger partial charge in [0, 0.05) is 23.7 Å². The minimum Gasteiger partial charge on any atom is -0.310 e. The number of likely N-dealkylation sites (tertiary alicyclic amines) is 1. The van der Waals surface area contributed by atoms with E-state index in [1.807, 2.05) is 12.1 Å². The summed E-state index contributed by atoms with van der Waals surface area (Å²) < 4.78 is 0. The Bertz CT molecular complexity index is 436. The number of nitrogens with zero attached hydrogens (tertiary/aromatic N) is 1. The van der Waals surface area contributed by atoms with Gasteiger partial charge < -0.3 is 10.2 Å². The van der Waals surface area contributed by atoms with Gasteiger partial charge in [0.1, 0.15) is 0 Å². The first-order chi connectivity index (χ1) is 9.72. The number of hydrogen-bond donors (Lipinski definition) is 1. The van der Waals surface area contributed by atoms with Crippen LogP contribution in [0.3, 0.4) is 0 Å². The first-order valence-corrected chi connectivity index (χ1v) is 8.33. The minimum absolute atomic E-state index is 0.602. The number of rotatable bonds is 5. The average Bonchev–Trinajstić information content (AvgIpc) is 2.87. The number of benzene rings is 1. The molecular weight excluding hydrogens is 268 g/mol. The highest BCUT2D eigenvalue weighted by Gasteiger charge is 2.32. The van der Waals surface area contributed by atoms with E-state index in [9.17, 15) is 0 Å². The maximum atomic E-state index is 6.27. The van der Waals surface area contributed by atoms with Crippen molar-refractivity contribution in [3.8, 4) is 0 Å². The SMILES string of the molecule is CC(CN1CCCC1)NC1CC(c2ccccc2Cl)C1. The Balaban J connectivity index is 1.42. The van der Waals surface area contributed by atoms with Crippen molar-refractivity contribution < 1.29 is 0 Å². The molecule has 1 aromatic rings. The zero-order valence-electron chi connectivity index (χ0n) is 12.3. The summed E-state index contributed by atoms with van der Waals surface area (Å²) in [7, 11) is 0. The molecule has 1 aromatic carbocycles. The van der Waals surface area contributed by atoms with Crippen LogP contribution in [0.2, 0.25) is 5.02 Å². The molecule has 3 heteroatoms. The number of hydrogen-bond acceptors (Lipinski definition) is 2. The molecule has 2 fully saturated rings. The van der Waals surface area contributed by atoms with Crippen LogP contribution in [-0.4, -0.2) is 36.6 Å². The summed E-state index contributed by atoms with van der Waals surface area (Å²) in [5.74, 6) is 0.653. The third kappa shape index (κ3) is 3.36. The molecule has 2 aliphatic rings. The van der Waals surface area contributed by atoms with E-state index in [2.05, 4.69) is 29.3 Å². The van der Waals surface area contributed by atoms with Gasteiger partial charge >= 0.3 is 0 Å². The summed E-state index contributed by atoms with van der Waals surface area (Å²) in [6.45, 7) is 6.10. The van der Waals surface area contributed by atoms with Gasteiger partial charge in [-0.1, -0.05) is 29.8 Å². The molecule has 1 aliphatic heterocycles. The summed E-state index contributed by atoms with van der Waals surface area (Å²) in [5, 5.41) is 4.71. The molecule has 1 saturated heterocycles. The van der Waals surface area contributed by atoms with Gasteiger partial charge in [0.05, 0.1) is 0 Å². The predicted molar refractivity (Wildman–Crippen MR) is 85.5 cm³/mol. The van der Waals surface area contributed by atoms with Crippen molar-refractivity contribution in [2.75, 3.05) is 19.6 Å². The van der Waals surface area contributed by atoms with Crippen LogP contribution in [0.15, 0.2) is 24.3 Å². The van der Waals surface area contributed by atoms with E-state index in [1.165, 1.54) is 50.9 Å². The second-order valence-electron chi connectivity index (χ2n) is 6.46. The molecule has 0 bridgehead atoms. The third-order valence-corrected chi connectivity index (χ3v) is 5.08. The predicted octanol–water partition coefficient (Wildman–Crippen LogP) is 3.66. The van der Waals surface area contributed by atoms with Crippen molar-refractivity contribution in [2.45, 2.75) is 50.6 Å². The lowest BCUT2D eigenvalue weighted by molar-refractivity contribution is 0.232. The maximum Gasteiger partial charge on any atom is 0.0440 e. The van der Waals surface area contributed by atoms with Gasteiger partial charge in [-0.15, -0.1) is 0 Å². The average molecular weight is 293 g/mol. The van der Waals surface area contributed by atoms with Gasteiger partial charge in [0.2, 0.25) is 0 Å². The topological polar surface area (TPSA) is 15.3 Å². The molecule has 1 unspecified atom stereocenters. The zero-order valence-corrected chi connectivity index (χ0v) is 13.1. The largest absolute Gasteiger partial charge is 0.310 e. The van der Waals surface area contributed by atoms with Gasteiger partial charge in [-0.2, -0.15) is 0 Å². The molecule has 3 rings (SSSR count). The first kappa shape index (κ1) is 14.4. The highest BCUT2D eigenvalue weighted by Crippen LogP contribution is 2.40. The molecule has 0 radical (unpaired) electrons. The van der Waals surface area contributed by atoms with Crippen LogP contribution >= 0.6 is 11.6 Å². The fourth-order valence-electron chi connectivity index (χ4n) is 3.62. The monoisotopic (exact) mass is 292 g/mol. The smallest absolute Gasteiger partial charge is 0.0440 e. The van der Waals surface area contributed by atoms with Gasteiger partial charge in [0.25, 0.3) is 0 Å². The fraction of sp³-hybridized carbons (Fsp3) is 0.647. The van der Waals surface area contributed by atoms with Crippen LogP contribution in [0.1, 0.15) is 44.1 Å². The summed E-state index contributed by atoms with van der Waals surface area (Å²) in [4.78, 5) is 2.59. The fourth-order valence-corrected chi connectivity index (χ4v) is 3.91. The van der Waals surface area contributed by atoms with Gasteiger partial charge in [-0.3, -0.25) is 0 Å². The van der Waals surface area contributed by atoms with Crippen LogP contribution in [0.25, 0.3) is 0 Å². The van der Waals surface area contributed by atoms with Crippen LogP contribution in [0.4, 0.5) is 0 Å². The zero-order chi connectivity index (χ0) is 13.9. The lowest BCUT2D eigenvalue weighted by Gasteiger charge is -2.39. The standard InChI is InChI=1S/C17H25ClN2/c1-13(12-20-8-4-5-9-20)19-15-10-14(11-15)16-6-2-3-7-17(16)18/h2-3,6-7,13-15,19H,4-5,8-12H2,1H3. The van der Waals surface area contributed by atoms with E-state index in [0.717, 1.165) is 5.02 Å². The lowest BCUT2D eigenvalue weighted by Crippen LogP contribution is -2.48. The highest BCUT2D eigenvalue weighted by molar-refractivity contribution is 6.31. The van der Waals surface area contributed by atoms with Crippen molar-refractivity contribution in [3.63, 3.8) is 0 Å². The molecule has 110 valence electrons. The highest BCUT2D eigenvalue weighted by atomic mass is 35.5. The van der Waals surface area contributed by atoms with Crippen LogP contribution < -0.4 is 5.32 Å². The molecule has 0 amide bonds. The molecular formula is C17H25ClN2. The second kappa shape index (κ2) is 6.46. The maximum absolute atomic E-state index is 6.27. The van der Waals surface area contributed by atoms with Gasteiger partial charge in [0.15, 0.2) is 0 Å². The van der Waals surface area contributed by atoms with Gasteiger partial charge in [-0.05, 0) is 63.2 Å². The van der Waals surface area contributed by atoms with Crippen molar-refractivity contribution in [2.24, 2.45) is 0 Å².